The van der Waals surface area contributed by atoms with Gasteiger partial charge in [0.1, 0.15) is 0 Å². The summed E-state index contributed by atoms with van der Waals surface area (Å²) in [5, 5.41) is 8.85. The van der Waals surface area contributed by atoms with Gasteiger partial charge in [-0.2, -0.15) is 0 Å². The molecule has 16 heavy (non-hydrogen) atoms. The SMILES string of the molecule is COCc1c(Cl)c(Cl)c(Cl)c(Cl)c1C(=O)O. The van der Waals surface area contributed by atoms with Gasteiger partial charge in [-0.3, -0.25) is 0 Å². The van der Waals surface area contributed by atoms with E-state index < -0.39 is 5.97 Å². The van der Waals surface area contributed by atoms with Gasteiger partial charge in [0.25, 0.3) is 0 Å². The van der Waals surface area contributed by atoms with E-state index in [-0.39, 0.29) is 37.8 Å². The zero-order valence-corrected chi connectivity index (χ0v) is 11.0. The van der Waals surface area contributed by atoms with Gasteiger partial charge in [-0.15, -0.1) is 0 Å². The highest BCUT2D eigenvalue weighted by Gasteiger charge is 2.24. The number of carboxylic acids is 1. The predicted octanol–water partition coefficient (Wildman–Crippen LogP) is 4.14. The summed E-state index contributed by atoms with van der Waals surface area (Å²) < 4.78 is 4.84. The van der Waals surface area contributed by atoms with E-state index in [2.05, 4.69) is 0 Å². The Labute approximate surface area is 112 Å². The average molecular weight is 304 g/mol. The lowest BCUT2D eigenvalue weighted by Crippen LogP contribution is -2.06. The second kappa shape index (κ2) is 5.43. The molecular weight excluding hydrogens is 298 g/mol. The van der Waals surface area contributed by atoms with Crippen molar-refractivity contribution in [2.24, 2.45) is 0 Å². The van der Waals surface area contributed by atoms with Crippen molar-refractivity contribution in [3.05, 3.63) is 31.2 Å². The third-order valence-corrected chi connectivity index (χ3v) is 3.71. The van der Waals surface area contributed by atoms with Gasteiger partial charge in [0.15, 0.2) is 0 Å². The number of carbonyl (C=O) groups is 1. The molecule has 1 rings (SSSR count). The lowest BCUT2D eigenvalue weighted by molar-refractivity contribution is 0.0692. The van der Waals surface area contributed by atoms with Crippen molar-refractivity contribution < 1.29 is 14.6 Å². The predicted molar refractivity (Wildman–Crippen MR) is 64.2 cm³/mol. The highest BCUT2D eigenvalue weighted by molar-refractivity contribution is 6.53. The second-order valence-corrected chi connectivity index (χ2v) is 4.36. The smallest absolute Gasteiger partial charge is 0.337 e. The van der Waals surface area contributed by atoms with E-state index in [0.717, 1.165) is 0 Å². The van der Waals surface area contributed by atoms with Crippen LogP contribution >= 0.6 is 46.4 Å². The molecule has 0 fully saturated rings. The highest BCUT2D eigenvalue weighted by atomic mass is 35.5. The lowest BCUT2D eigenvalue weighted by atomic mass is 10.1. The summed E-state index contributed by atoms with van der Waals surface area (Å²) in [6, 6.07) is 0. The zero-order chi connectivity index (χ0) is 12.5. The first kappa shape index (κ1) is 13.9. The fraction of sp³-hybridized carbons (Fsp3) is 0.222. The molecule has 0 aromatic heterocycles. The quantitative estimate of drug-likeness (QED) is 0.674. The molecule has 3 nitrogen and oxygen atoms in total. The van der Waals surface area contributed by atoms with Crippen LogP contribution in [0.5, 0.6) is 0 Å². The van der Waals surface area contributed by atoms with Gasteiger partial charge in [0.05, 0.1) is 32.3 Å². The molecule has 0 aliphatic heterocycles. The molecule has 0 aliphatic rings. The second-order valence-electron chi connectivity index (χ2n) is 2.85. The molecule has 1 aromatic rings. The molecule has 0 aliphatic carbocycles. The number of benzene rings is 1. The summed E-state index contributed by atoms with van der Waals surface area (Å²) in [5.74, 6) is -1.24. The van der Waals surface area contributed by atoms with Crippen LogP contribution in [0, 0.1) is 0 Å². The third kappa shape index (κ3) is 2.39. The fourth-order valence-corrected chi connectivity index (χ4v) is 2.21. The van der Waals surface area contributed by atoms with Gasteiger partial charge in [0, 0.05) is 12.7 Å². The Hall–Kier alpha value is -0.190. The molecule has 0 heterocycles. The van der Waals surface area contributed by atoms with Crippen LogP contribution in [0.2, 0.25) is 20.1 Å². The topological polar surface area (TPSA) is 46.5 Å². The standard InChI is InChI=1S/C9H6Cl4O3/c1-16-2-3-4(9(14)15)6(11)8(13)7(12)5(3)10/h2H2,1H3,(H,14,15). The molecule has 1 N–H and O–H groups in total. The zero-order valence-electron chi connectivity index (χ0n) is 7.98. The van der Waals surface area contributed by atoms with Crippen LogP contribution in [0.4, 0.5) is 0 Å². The van der Waals surface area contributed by atoms with E-state index in [9.17, 15) is 4.79 Å². The first-order valence-electron chi connectivity index (χ1n) is 3.98. The van der Waals surface area contributed by atoms with Crippen LogP contribution in [-0.4, -0.2) is 18.2 Å². The van der Waals surface area contributed by atoms with E-state index in [1.54, 1.807) is 0 Å². The Balaban J connectivity index is 3.61. The lowest BCUT2D eigenvalue weighted by Gasteiger charge is -2.12. The molecule has 0 spiro atoms. The Morgan fingerprint density at radius 3 is 2.06 bits per heavy atom. The van der Waals surface area contributed by atoms with Crippen molar-refractivity contribution in [2.45, 2.75) is 6.61 Å². The Morgan fingerprint density at radius 1 is 1.12 bits per heavy atom. The summed E-state index contributed by atoms with van der Waals surface area (Å²) in [5.41, 5.74) is 0.0129. The van der Waals surface area contributed by atoms with Gasteiger partial charge in [-0.25, -0.2) is 4.79 Å². The molecule has 0 amide bonds. The number of halogens is 4. The van der Waals surface area contributed by atoms with Crippen molar-refractivity contribution in [2.75, 3.05) is 7.11 Å². The van der Waals surface area contributed by atoms with Gasteiger partial charge in [-0.1, -0.05) is 46.4 Å². The molecule has 0 bridgehead atoms. The van der Waals surface area contributed by atoms with E-state index in [1.165, 1.54) is 7.11 Å². The van der Waals surface area contributed by atoms with Gasteiger partial charge in [0.2, 0.25) is 0 Å². The van der Waals surface area contributed by atoms with Crippen LogP contribution in [0.1, 0.15) is 15.9 Å². The normalized spacial score (nSPS) is 10.6. The van der Waals surface area contributed by atoms with Crippen molar-refractivity contribution in [3.63, 3.8) is 0 Å². The molecular formula is C9H6Cl4O3. The van der Waals surface area contributed by atoms with Gasteiger partial charge in [-0.05, 0) is 0 Å². The summed E-state index contributed by atoms with van der Waals surface area (Å²) >= 11 is 23.2. The number of carboxylic acid groups (broad SMARTS) is 1. The fourth-order valence-electron chi connectivity index (χ4n) is 1.18. The largest absolute Gasteiger partial charge is 0.478 e. The number of aromatic carboxylic acids is 1. The number of hydrogen-bond donors (Lipinski definition) is 1. The highest BCUT2D eigenvalue weighted by Crippen LogP contribution is 2.41. The van der Waals surface area contributed by atoms with Gasteiger partial charge >= 0.3 is 5.97 Å². The van der Waals surface area contributed by atoms with Crippen LogP contribution in [0.3, 0.4) is 0 Å². The van der Waals surface area contributed by atoms with Crippen molar-refractivity contribution >= 4 is 52.4 Å². The average Bonchev–Trinajstić information content (AvgIpc) is 2.23. The molecule has 0 unspecified atom stereocenters. The maximum absolute atomic E-state index is 11.0. The van der Waals surface area contributed by atoms with Crippen LogP contribution in [0.15, 0.2) is 0 Å². The molecule has 1 aromatic carbocycles. The monoisotopic (exact) mass is 302 g/mol. The molecule has 0 saturated heterocycles. The van der Waals surface area contributed by atoms with Crippen molar-refractivity contribution in [3.8, 4) is 0 Å². The Bertz CT molecular complexity index is 445. The maximum atomic E-state index is 11.0. The van der Waals surface area contributed by atoms with E-state index in [1.807, 2.05) is 0 Å². The summed E-state index contributed by atoms with van der Waals surface area (Å²) in [6.45, 7) is -0.0168. The Morgan fingerprint density at radius 2 is 1.62 bits per heavy atom. The summed E-state index contributed by atoms with van der Waals surface area (Å²) in [4.78, 5) is 11.0. The Kier molecular flexibility index (Phi) is 4.71. The molecule has 7 heteroatoms. The van der Waals surface area contributed by atoms with Crippen LogP contribution in [-0.2, 0) is 11.3 Å². The molecule has 0 radical (unpaired) electrons. The minimum Gasteiger partial charge on any atom is -0.478 e. The summed E-state index contributed by atoms with van der Waals surface area (Å²) in [6.07, 6.45) is 0. The van der Waals surface area contributed by atoms with Crippen LogP contribution in [0.25, 0.3) is 0 Å². The molecule has 88 valence electrons. The number of methoxy groups -OCH3 is 1. The molecule has 0 atom stereocenters. The third-order valence-electron chi connectivity index (χ3n) is 1.87. The van der Waals surface area contributed by atoms with Crippen molar-refractivity contribution in [1.82, 2.24) is 0 Å². The number of hydrogen-bond acceptors (Lipinski definition) is 2. The van der Waals surface area contributed by atoms with E-state index in [4.69, 9.17) is 56.2 Å². The maximum Gasteiger partial charge on any atom is 0.337 e. The van der Waals surface area contributed by atoms with Crippen molar-refractivity contribution in [1.29, 1.82) is 0 Å². The number of rotatable bonds is 3. The summed E-state index contributed by atoms with van der Waals surface area (Å²) in [7, 11) is 1.40. The minimum absolute atomic E-state index is 0.0168. The first-order valence-corrected chi connectivity index (χ1v) is 5.50. The minimum atomic E-state index is -1.24. The first-order chi connectivity index (χ1) is 7.41. The van der Waals surface area contributed by atoms with E-state index >= 15 is 0 Å². The van der Waals surface area contributed by atoms with E-state index in [0.29, 0.717) is 0 Å². The van der Waals surface area contributed by atoms with Gasteiger partial charge < -0.3 is 9.84 Å². The number of ether oxygens (including phenoxy) is 1. The molecule has 0 saturated carbocycles. The van der Waals surface area contributed by atoms with Crippen LogP contribution < -0.4 is 0 Å².